The summed E-state index contributed by atoms with van der Waals surface area (Å²) in [6.07, 6.45) is 1.35. The van der Waals surface area contributed by atoms with Crippen LogP contribution >= 0.6 is 15.9 Å². The van der Waals surface area contributed by atoms with E-state index in [1.165, 1.54) is 11.6 Å². The van der Waals surface area contributed by atoms with Gasteiger partial charge in [0.2, 0.25) is 0 Å². The highest BCUT2D eigenvalue weighted by atomic mass is 79.9. The summed E-state index contributed by atoms with van der Waals surface area (Å²) in [6.45, 7) is 0.680. The van der Waals surface area contributed by atoms with Crippen LogP contribution in [0.1, 0.15) is 22.8 Å². The first kappa shape index (κ1) is 14.7. The van der Waals surface area contributed by atoms with E-state index in [4.69, 9.17) is 10.5 Å². The normalized spacial score (nSPS) is 19.1. The van der Waals surface area contributed by atoms with Crippen molar-refractivity contribution in [2.45, 2.75) is 25.0 Å². The largest absolute Gasteiger partial charge is 0.372 e. The lowest BCUT2D eigenvalue weighted by atomic mass is 9.91. The Balaban J connectivity index is 1.83. The second-order valence-electron chi connectivity index (χ2n) is 5.32. The van der Waals surface area contributed by atoms with Gasteiger partial charge in [0.05, 0.1) is 17.2 Å². The van der Waals surface area contributed by atoms with Crippen molar-refractivity contribution < 1.29 is 9.13 Å². The number of rotatable bonds is 3. The van der Waals surface area contributed by atoms with Crippen LogP contribution in [-0.4, -0.2) is 12.6 Å². The minimum Gasteiger partial charge on any atom is -0.372 e. The van der Waals surface area contributed by atoms with Crippen LogP contribution in [0, 0.1) is 5.82 Å². The summed E-state index contributed by atoms with van der Waals surface area (Å²) < 4.78 is 20.0. The first-order valence-electron chi connectivity index (χ1n) is 7.04. The lowest BCUT2D eigenvalue weighted by Gasteiger charge is -2.30. The van der Waals surface area contributed by atoms with Gasteiger partial charge in [-0.15, -0.1) is 0 Å². The Bertz CT molecular complexity index is 646. The molecule has 1 aliphatic heterocycles. The average molecular weight is 350 g/mol. The molecule has 1 aliphatic rings. The third-order valence-electron chi connectivity index (χ3n) is 3.91. The van der Waals surface area contributed by atoms with Gasteiger partial charge in [0, 0.05) is 6.04 Å². The summed E-state index contributed by atoms with van der Waals surface area (Å²) in [5.74, 6) is -0.260. The molecule has 0 radical (unpaired) electrons. The van der Waals surface area contributed by atoms with Gasteiger partial charge in [0.1, 0.15) is 5.82 Å². The van der Waals surface area contributed by atoms with Gasteiger partial charge in [-0.1, -0.05) is 36.4 Å². The number of hydrogen-bond acceptors (Lipinski definition) is 2. The third-order valence-corrected chi connectivity index (χ3v) is 4.79. The molecule has 2 aromatic rings. The molecule has 21 heavy (non-hydrogen) atoms. The standard InChI is InChI=1S/C17H17BrFNO/c18-16-12(5-3-7-14(16)19)10-15(20)17-13-6-2-1-4-11(13)8-9-21-17/h1-7,15,17H,8-10,20H2. The van der Waals surface area contributed by atoms with Crippen LogP contribution < -0.4 is 5.73 Å². The number of halogens is 2. The average Bonchev–Trinajstić information content (AvgIpc) is 2.51. The highest BCUT2D eigenvalue weighted by Gasteiger charge is 2.27. The summed E-state index contributed by atoms with van der Waals surface area (Å²) >= 11 is 3.29. The van der Waals surface area contributed by atoms with E-state index >= 15 is 0 Å². The van der Waals surface area contributed by atoms with Gasteiger partial charge in [-0.25, -0.2) is 4.39 Å². The maximum atomic E-state index is 13.6. The van der Waals surface area contributed by atoms with Gasteiger partial charge in [0.25, 0.3) is 0 Å². The molecule has 2 N–H and O–H groups in total. The molecule has 4 heteroatoms. The predicted molar refractivity (Wildman–Crippen MR) is 84.6 cm³/mol. The van der Waals surface area contributed by atoms with Gasteiger partial charge in [-0.05, 0) is 51.5 Å². The van der Waals surface area contributed by atoms with Gasteiger partial charge in [0.15, 0.2) is 0 Å². The minimum atomic E-state index is -0.260. The summed E-state index contributed by atoms with van der Waals surface area (Å²) in [6, 6.07) is 13.1. The highest BCUT2D eigenvalue weighted by molar-refractivity contribution is 9.10. The molecule has 2 nitrogen and oxygen atoms in total. The Morgan fingerprint density at radius 2 is 2.05 bits per heavy atom. The van der Waals surface area contributed by atoms with Crippen LogP contribution in [0.2, 0.25) is 0 Å². The van der Waals surface area contributed by atoms with E-state index < -0.39 is 0 Å². The fraction of sp³-hybridized carbons (Fsp3) is 0.294. The zero-order chi connectivity index (χ0) is 14.8. The monoisotopic (exact) mass is 349 g/mol. The van der Waals surface area contributed by atoms with Crippen LogP contribution in [-0.2, 0) is 17.6 Å². The number of benzene rings is 2. The summed E-state index contributed by atoms with van der Waals surface area (Å²) in [4.78, 5) is 0. The SMILES string of the molecule is NC(Cc1cccc(F)c1Br)C1OCCc2ccccc21. The summed E-state index contributed by atoms with van der Waals surface area (Å²) in [5, 5.41) is 0. The fourth-order valence-electron chi connectivity index (χ4n) is 2.85. The zero-order valence-electron chi connectivity index (χ0n) is 11.6. The molecule has 0 bridgehead atoms. The van der Waals surface area contributed by atoms with Crippen molar-refractivity contribution in [3.63, 3.8) is 0 Å². The number of fused-ring (bicyclic) bond motifs is 1. The van der Waals surface area contributed by atoms with E-state index in [0.29, 0.717) is 17.5 Å². The highest BCUT2D eigenvalue weighted by Crippen LogP contribution is 2.31. The third kappa shape index (κ3) is 3.03. The van der Waals surface area contributed by atoms with Crippen molar-refractivity contribution in [3.05, 3.63) is 69.4 Å². The van der Waals surface area contributed by atoms with E-state index in [0.717, 1.165) is 17.5 Å². The van der Waals surface area contributed by atoms with Crippen molar-refractivity contribution in [3.8, 4) is 0 Å². The molecule has 0 spiro atoms. The predicted octanol–water partition coefficient (Wildman–Crippen LogP) is 3.77. The van der Waals surface area contributed by atoms with E-state index in [9.17, 15) is 4.39 Å². The lowest BCUT2D eigenvalue weighted by molar-refractivity contribution is 0.0246. The van der Waals surface area contributed by atoms with E-state index in [1.807, 2.05) is 18.2 Å². The molecule has 110 valence electrons. The molecular formula is C17H17BrFNO. The summed E-state index contributed by atoms with van der Waals surface area (Å²) in [7, 11) is 0. The van der Waals surface area contributed by atoms with Gasteiger partial charge in [-0.3, -0.25) is 0 Å². The Labute approximate surface area is 132 Å². The maximum Gasteiger partial charge on any atom is 0.137 e. The molecule has 0 aromatic heterocycles. The second-order valence-corrected chi connectivity index (χ2v) is 6.11. The molecule has 2 unspecified atom stereocenters. The molecule has 0 amide bonds. The van der Waals surface area contributed by atoms with Crippen LogP contribution in [0.15, 0.2) is 46.9 Å². The minimum absolute atomic E-state index is 0.134. The van der Waals surface area contributed by atoms with E-state index in [1.54, 1.807) is 6.07 Å². The maximum absolute atomic E-state index is 13.6. The molecule has 0 saturated heterocycles. The van der Waals surface area contributed by atoms with Gasteiger partial charge in [-0.2, -0.15) is 0 Å². The van der Waals surface area contributed by atoms with Crippen LogP contribution in [0.25, 0.3) is 0 Å². The van der Waals surface area contributed by atoms with Gasteiger partial charge >= 0.3 is 0 Å². The van der Waals surface area contributed by atoms with Crippen LogP contribution in [0.5, 0.6) is 0 Å². The molecule has 0 saturated carbocycles. The van der Waals surface area contributed by atoms with Crippen molar-refractivity contribution in [1.82, 2.24) is 0 Å². The fourth-order valence-corrected chi connectivity index (χ4v) is 3.27. The molecule has 1 heterocycles. The van der Waals surface area contributed by atoms with Crippen LogP contribution in [0.3, 0.4) is 0 Å². The quantitative estimate of drug-likeness (QED) is 0.915. The number of hydrogen-bond donors (Lipinski definition) is 1. The second kappa shape index (κ2) is 6.26. The van der Waals surface area contributed by atoms with E-state index in [2.05, 4.69) is 28.1 Å². The van der Waals surface area contributed by atoms with Crippen molar-refractivity contribution >= 4 is 15.9 Å². The zero-order valence-corrected chi connectivity index (χ0v) is 13.1. The first-order chi connectivity index (χ1) is 10.2. The summed E-state index contributed by atoms with van der Waals surface area (Å²) in [5.41, 5.74) is 9.67. The molecule has 2 atom stereocenters. The first-order valence-corrected chi connectivity index (χ1v) is 7.84. The van der Waals surface area contributed by atoms with Crippen molar-refractivity contribution in [2.75, 3.05) is 6.61 Å². The Kier molecular flexibility index (Phi) is 4.38. The molecule has 0 aliphatic carbocycles. The molecule has 2 aromatic carbocycles. The lowest BCUT2D eigenvalue weighted by Crippen LogP contribution is -2.35. The van der Waals surface area contributed by atoms with Crippen molar-refractivity contribution in [1.29, 1.82) is 0 Å². The Hall–Kier alpha value is -1.23. The topological polar surface area (TPSA) is 35.2 Å². The molecular weight excluding hydrogens is 333 g/mol. The Morgan fingerprint density at radius 1 is 1.24 bits per heavy atom. The van der Waals surface area contributed by atoms with Crippen LogP contribution in [0.4, 0.5) is 4.39 Å². The number of ether oxygens (including phenoxy) is 1. The smallest absolute Gasteiger partial charge is 0.137 e. The molecule has 0 fully saturated rings. The van der Waals surface area contributed by atoms with Gasteiger partial charge < -0.3 is 10.5 Å². The Morgan fingerprint density at radius 3 is 2.90 bits per heavy atom. The van der Waals surface area contributed by atoms with Crippen molar-refractivity contribution in [2.24, 2.45) is 5.73 Å². The number of nitrogens with two attached hydrogens (primary N) is 1. The van der Waals surface area contributed by atoms with E-state index in [-0.39, 0.29) is 18.0 Å². The molecule has 3 rings (SSSR count).